The van der Waals surface area contributed by atoms with Crippen molar-refractivity contribution in [1.82, 2.24) is 0 Å². The maximum atomic E-state index is 12.1. The molecule has 1 aromatic carbocycles. The van der Waals surface area contributed by atoms with Gasteiger partial charge in [0.25, 0.3) is 0 Å². The Morgan fingerprint density at radius 2 is 1.63 bits per heavy atom. The van der Waals surface area contributed by atoms with Gasteiger partial charge in [-0.2, -0.15) is 5.26 Å². The van der Waals surface area contributed by atoms with Gasteiger partial charge in [-0.05, 0) is 12.8 Å². The fourth-order valence-corrected chi connectivity index (χ4v) is 2.53. The first-order valence-electron chi connectivity index (χ1n) is 5.97. The van der Waals surface area contributed by atoms with E-state index in [4.69, 9.17) is 14.2 Å². The molecule has 0 unspecified atom stereocenters. The molecule has 0 heterocycles. The number of nitrogens with zero attached hydrogens (tertiary/aromatic N) is 1. The van der Waals surface area contributed by atoms with Crippen LogP contribution < -0.4 is 14.2 Å². The molecule has 1 aliphatic carbocycles. The first kappa shape index (κ1) is 13.2. The molecule has 0 spiro atoms. The van der Waals surface area contributed by atoms with Crippen LogP contribution in [0.3, 0.4) is 0 Å². The average molecular weight is 261 g/mol. The fourth-order valence-electron chi connectivity index (χ4n) is 2.53. The van der Waals surface area contributed by atoms with Crippen LogP contribution >= 0.6 is 0 Å². The van der Waals surface area contributed by atoms with E-state index >= 15 is 0 Å². The molecule has 0 atom stereocenters. The zero-order valence-electron chi connectivity index (χ0n) is 11.2. The highest BCUT2D eigenvalue weighted by atomic mass is 16.5. The summed E-state index contributed by atoms with van der Waals surface area (Å²) in [6.07, 6.45) is 1.89. The van der Waals surface area contributed by atoms with Crippen molar-refractivity contribution in [3.63, 3.8) is 0 Å². The van der Waals surface area contributed by atoms with E-state index in [1.807, 2.05) is 6.07 Å². The predicted octanol–water partition coefficient (Wildman–Crippen LogP) is 2.10. The van der Waals surface area contributed by atoms with Gasteiger partial charge in [-0.3, -0.25) is 4.79 Å². The van der Waals surface area contributed by atoms with Gasteiger partial charge in [0, 0.05) is 17.5 Å². The molecule has 0 bridgehead atoms. The summed E-state index contributed by atoms with van der Waals surface area (Å²) in [5.41, 5.74) is 1.40. The Bertz CT molecular complexity index is 572. The van der Waals surface area contributed by atoms with Gasteiger partial charge in [0.05, 0.1) is 21.3 Å². The molecule has 0 aromatic heterocycles. The molecule has 0 N–H and O–H groups in total. The van der Waals surface area contributed by atoms with Crippen LogP contribution in [0.25, 0.3) is 0 Å². The summed E-state index contributed by atoms with van der Waals surface area (Å²) in [6.45, 7) is 0. The summed E-state index contributed by atoms with van der Waals surface area (Å²) < 4.78 is 15.9. The summed E-state index contributed by atoms with van der Waals surface area (Å²) in [6, 6.07) is 2.05. The van der Waals surface area contributed by atoms with E-state index in [1.165, 1.54) is 21.3 Å². The van der Waals surface area contributed by atoms with Crippen LogP contribution in [0.2, 0.25) is 0 Å². The van der Waals surface area contributed by atoms with Crippen molar-refractivity contribution in [3.05, 3.63) is 16.7 Å². The number of rotatable bonds is 3. The second kappa shape index (κ2) is 5.19. The van der Waals surface area contributed by atoms with Crippen LogP contribution in [0.15, 0.2) is 0 Å². The largest absolute Gasteiger partial charge is 0.492 e. The molecular weight excluding hydrogens is 246 g/mol. The third kappa shape index (κ3) is 1.89. The minimum Gasteiger partial charge on any atom is -0.492 e. The molecule has 19 heavy (non-hydrogen) atoms. The van der Waals surface area contributed by atoms with Crippen LogP contribution in [0.1, 0.15) is 34.3 Å². The van der Waals surface area contributed by atoms with Crippen molar-refractivity contribution in [2.24, 2.45) is 0 Å². The van der Waals surface area contributed by atoms with Crippen LogP contribution in [0.5, 0.6) is 17.2 Å². The first-order chi connectivity index (χ1) is 9.19. The summed E-state index contributed by atoms with van der Waals surface area (Å²) >= 11 is 0. The Hall–Kier alpha value is -2.22. The van der Waals surface area contributed by atoms with Gasteiger partial charge >= 0.3 is 0 Å². The van der Waals surface area contributed by atoms with Crippen molar-refractivity contribution in [1.29, 1.82) is 5.26 Å². The lowest BCUT2D eigenvalue weighted by molar-refractivity contribution is 0.0970. The molecular formula is C14H15NO4. The number of nitriles is 1. The number of benzene rings is 1. The molecule has 5 heteroatoms. The van der Waals surface area contributed by atoms with E-state index in [2.05, 4.69) is 0 Å². The minimum absolute atomic E-state index is 0.0444. The minimum atomic E-state index is -0.0444. The summed E-state index contributed by atoms with van der Waals surface area (Å²) in [4.78, 5) is 12.1. The van der Waals surface area contributed by atoms with Crippen LogP contribution in [0, 0.1) is 11.3 Å². The van der Waals surface area contributed by atoms with Gasteiger partial charge in [0.1, 0.15) is 11.6 Å². The Kier molecular flexibility index (Phi) is 3.61. The highest BCUT2D eigenvalue weighted by Gasteiger charge is 2.31. The lowest BCUT2D eigenvalue weighted by Gasteiger charge is -2.23. The fraction of sp³-hybridized carbons (Fsp3) is 0.429. The maximum Gasteiger partial charge on any atom is 0.205 e. The number of ketones is 1. The second-order valence-corrected chi connectivity index (χ2v) is 4.22. The lowest BCUT2D eigenvalue weighted by atomic mass is 9.86. The zero-order chi connectivity index (χ0) is 14.0. The van der Waals surface area contributed by atoms with Crippen LogP contribution in [-0.2, 0) is 6.42 Å². The average Bonchev–Trinajstić information content (AvgIpc) is 2.44. The Labute approximate surface area is 111 Å². The Balaban J connectivity index is 2.88. The molecule has 5 nitrogen and oxygen atoms in total. The molecule has 100 valence electrons. The number of Topliss-reactive ketones (excluding diaryl/α,β-unsaturated/α-hetero) is 1. The Morgan fingerprint density at radius 3 is 2.16 bits per heavy atom. The Morgan fingerprint density at radius 1 is 1.00 bits per heavy atom. The monoisotopic (exact) mass is 261 g/mol. The number of hydrogen-bond acceptors (Lipinski definition) is 5. The molecule has 0 amide bonds. The topological polar surface area (TPSA) is 68.6 Å². The SMILES string of the molecule is COc1c(C#N)c2c(c(OC)c1OC)CCCC2=O. The summed E-state index contributed by atoms with van der Waals surface area (Å²) in [7, 11) is 4.44. The molecule has 0 aliphatic heterocycles. The maximum absolute atomic E-state index is 12.1. The lowest BCUT2D eigenvalue weighted by Crippen LogP contribution is -2.16. The van der Waals surface area contributed by atoms with Crippen LogP contribution in [-0.4, -0.2) is 27.1 Å². The summed E-state index contributed by atoms with van der Waals surface area (Å²) in [5, 5.41) is 9.33. The van der Waals surface area contributed by atoms with E-state index in [-0.39, 0.29) is 17.1 Å². The highest BCUT2D eigenvalue weighted by molar-refractivity contribution is 6.03. The van der Waals surface area contributed by atoms with Crippen molar-refractivity contribution in [2.45, 2.75) is 19.3 Å². The van der Waals surface area contributed by atoms with Crippen molar-refractivity contribution < 1.29 is 19.0 Å². The van der Waals surface area contributed by atoms with Gasteiger partial charge in [-0.25, -0.2) is 0 Å². The molecule has 0 saturated carbocycles. The molecule has 2 rings (SSSR count). The quantitative estimate of drug-likeness (QED) is 0.833. The third-order valence-corrected chi connectivity index (χ3v) is 3.30. The number of hydrogen-bond donors (Lipinski definition) is 0. The third-order valence-electron chi connectivity index (χ3n) is 3.30. The predicted molar refractivity (Wildman–Crippen MR) is 68.1 cm³/mol. The number of fused-ring (bicyclic) bond motifs is 1. The number of carbonyl (C=O) groups excluding carboxylic acids is 1. The molecule has 0 saturated heterocycles. The van der Waals surface area contributed by atoms with Gasteiger partial charge < -0.3 is 14.2 Å². The van der Waals surface area contributed by atoms with Gasteiger partial charge in [0.15, 0.2) is 17.3 Å². The van der Waals surface area contributed by atoms with Gasteiger partial charge in [0.2, 0.25) is 5.75 Å². The smallest absolute Gasteiger partial charge is 0.205 e. The van der Waals surface area contributed by atoms with E-state index < -0.39 is 0 Å². The molecule has 0 radical (unpaired) electrons. The van der Waals surface area contributed by atoms with E-state index in [1.54, 1.807) is 0 Å². The van der Waals surface area contributed by atoms with Crippen LogP contribution in [0.4, 0.5) is 0 Å². The van der Waals surface area contributed by atoms with Crippen molar-refractivity contribution in [3.8, 4) is 23.3 Å². The molecule has 1 aliphatic rings. The first-order valence-corrected chi connectivity index (χ1v) is 5.97. The normalized spacial score (nSPS) is 13.5. The number of methoxy groups -OCH3 is 3. The van der Waals surface area contributed by atoms with E-state index in [9.17, 15) is 10.1 Å². The van der Waals surface area contributed by atoms with Gasteiger partial charge in [-0.15, -0.1) is 0 Å². The number of ether oxygens (including phenoxy) is 3. The zero-order valence-corrected chi connectivity index (χ0v) is 11.2. The van der Waals surface area contributed by atoms with E-state index in [0.29, 0.717) is 29.9 Å². The standard InChI is InChI=1S/C14H15NO4/c1-17-12-8-5-4-6-10(16)11(8)9(7-15)13(18-2)14(12)19-3/h4-6H2,1-3H3. The van der Waals surface area contributed by atoms with E-state index in [0.717, 1.165) is 12.0 Å². The number of carbonyl (C=O) groups is 1. The second-order valence-electron chi connectivity index (χ2n) is 4.22. The highest BCUT2D eigenvalue weighted by Crippen LogP contribution is 2.47. The van der Waals surface area contributed by atoms with Crippen molar-refractivity contribution in [2.75, 3.05) is 21.3 Å². The molecule has 0 fully saturated rings. The summed E-state index contributed by atoms with van der Waals surface area (Å²) in [5.74, 6) is 1.07. The molecule has 1 aromatic rings. The van der Waals surface area contributed by atoms with Gasteiger partial charge in [-0.1, -0.05) is 0 Å². The van der Waals surface area contributed by atoms with Crippen molar-refractivity contribution >= 4 is 5.78 Å².